The number of unbranched alkanes of at least 4 members (excludes halogenated alkanes) is 12. The first kappa shape index (κ1) is 66.0. The third-order valence-electron chi connectivity index (χ3n) is 15.2. The van der Waals surface area contributed by atoms with Crippen molar-refractivity contribution >= 4 is 47.0 Å². The summed E-state index contributed by atoms with van der Waals surface area (Å²) in [5, 5.41) is 19.8. The zero-order valence-corrected chi connectivity index (χ0v) is 51.5. The lowest BCUT2D eigenvalue weighted by atomic mass is 9.68. The smallest absolute Gasteiger partial charge is 0.188 e. The molecule has 2 aliphatic heterocycles. The molecule has 0 radical (unpaired) electrons. The number of phenolic OH excluding ortho intramolecular Hbond substituents is 2. The Labute approximate surface area is 487 Å². The van der Waals surface area contributed by atoms with E-state index in [4.69, 9.17) is 37.9 Å². The number of fused-ring (bicyclic) bond motifs is 2. The van der Waals surface area contributed by atoms with Gasteiger partial charge in [-0.25, -0.2) is 0 Å². The van der Waals surface area contributed by atoms with E-state index in [1.54, 1.807) is 28.4 Å². The summed E-state index contributed by atoms with van der Waals surface area (Å²) in [5.41, 5.74) is 5.51. The predicted octanol–water partition coefficient (Wildman–Crippen LogP) is 16.1. The summed E-state index contributed by atoms with van der Waals surface area (Å²) in [6.07, 6.45) is 20.6. The van der Waals surface area contributed by atoms with Crippen LogP contribution in [0.5, 0.6) is 23.0 Å². The Morgan fingerprint density at radius 3 is 1.33 bits per heavy atom. The monoisotopic (exact) mass is 1150 g/mol. The van der Waals surface area contributed by atoms with Crippen molar-refractivity contribution in [3.05, 3.63) is 107 Å². The van der Waals surface area contributed by atoms with Crippen molar-refractivity contribution in [2.75, 3.05) is 116 Å². The summed E-state index contributed by atoms with van der Waals surface area (Å²) in [5.74, 6) is 9.90. The van der Waals surface area contributed by atoms with Crippen LogP contribution in [0.25, 0.3) is 0 Å². The van der Waals surface area contributed by atoms with Gasteiger partial charge in [-0.1, -0.05) is 127 Å². The van der Waals surface area contributed by atoms with Gasteiger partial charge >= 0.3 is 0 Å². The molecule has 14 heteroatoms. The second-order valence-corrected chi connectivity index (χ2v) is 25.6. The minimum Gasteiger partial charge on any atom is -0.508 e. The number of rotatable bonds is 40. The molecule has 0 aliphatic carbocycles. The van der Waals surface area contributed by atoms with Crippen molar-refractivity contribution in [2.24, 2.45) is 0 Å². The highest BCUT2D eigenvalue weighted by Gasteiger charge is 2.42. The molecular formula is C64H96O10S4. The maximum absolute atomic E-state index is 10.0. The van der Waals surface area contributed by atoms with Crippen LogP contribution in [-0.2, 0) is 39.3 Å². The molecule has 0 fully saturated rings. The van der Waals surface area contributed by atoms with E-state index in [1.165, 1.54) is 140 Å². The molecule has 0 saturated heterocycles. The maximum Gasteiger partial charge on any atom is 0.188 e. The van der Waals surface area contributed by atoms with Crippen LogP contribution in [-0.4, -0.2) is 126 Å². The minimum absolute atomic E-state index is 0.00875. The molecule has 4 aromatic rings. The Morgan fingerprint density at radius 2 is 0.846 bits per heavy atom. The molecule has 0 amide bonds. The summed E-state index contributed by atoms with van der Waals surface area (Å²) >= 11 is 7.78. The van der Waals surface area contributed by atoms with E-state index >= 15 is 0 Å². The number of ether oxygens (including phenoxy) is 8. The standard InChI is InChI=1S/C34H52O6S2.C30H44O4S2/c1-34(28-13-15-29(16-14-28)39-26-36-3)25-42-33-24-30(40-27-37-4)17-18-31(33)32(34)12-10-8-6-5-7-9-11-22-41-23-21-38-20-19-35-2;1-30(24-11-13-25(31)14-12-24)23-36-29-22-26(32)15-16-27(29)28(30)10-8-6-4-3-5-7-9-20-35-21-19-34-18-17-33-2/h13-18,24,32H,5-12,19-23,25-27H2,1-4H3;11-16,22,28,31-32H,3-10,17-21,23H2,1-2H3/t;28-,30-/m.1/s1. The van der Waals surface area contributed by atoms with Crippen molar-refractivity contribution in [3.8, 4) is 23.0 Å². The van der Waals surface area contributed by atoms with Gasteiger partial charge in [-0.05, 0) is 120 Å². The van der Waals surface area contributed by atoms with E-state index in [0.29, 0.717) is 49.8 Å². The first-order valence-corrected chi connectivity index (χ1v) is 33.1. The topological polar surface area (TPSA) is 114 Å². The van der Waals surface area contributed by atoms with Crippen molar-refractivity contribution in [2.45, 2.75) is 149 Å². The van der Waals surface area contributed by atoms with E-state index < -0.39 is 0 Å². The molecule has 6 rings (SSSR count). The average Bonchev–Trinajstić information content (AvgIpc) is 3.52. The highest BCUT2D eigenvalue weighted by Crippen LogP contribution is 2.54. The Morgan fingerprint density at radius 1 is 0.436 bits per heavy atom. The molecule has 2 unspecified atom stereocenters. The predicted molar refractivity (Wildman–Crippen MR) is 330 cm³/mol. The van der Waals surface area contributed by atoms with E-state index in [1.807, 2.05) is 71.3 Å². The maximum atomic E-state index is 10.0. The highest BCUT2D eigenvalue weighted by molar-refractivity contribution is 8.00. The Kier molecular flexibility index (Phi) is 32.9. The number of aromatic hydroxyl groups is 2. The number of hydrogen-bond acceptors (Lipinski definition) is 14. The number of benzene rings is 4. The van der Waals surface area contributed by atoms with E-state index in [2.05, 4.69) is 74.5 Å². The van der Waals surface area contributed by atoms with Crippen LogP contribution >= 0.6 is 47.0 Å². The zero-order valence-electron chi connectivity index (χ0n) is 48.2. The lowest BCUT2D eigenvalue weighted by Crippen LogP contribution is -2.36. The van der Waals surface area contributed by atoms with Gasteiger partial charge in [-0.15, -0.1) is 23.5 Å². The largest absolute Gasteiger partial charge is 0.508 e. The van der Waals surface area contributed by atoms with Gasteiger partial charge in [0, 0.05) is 72.1 Å². The Hall–Kier alpha value is -2.76. The van der Waals surface area contributed by atoms with Crippen LogP contribution in [0.3, 0.4) is 0 Å². The molecule has 0 saturated carbocycles. The molecule has 2 N–H and O–H groups in total. The van der Waals surface area contributed by atoms with Gasteiger partial charge in [0.1, 0.15) is 23.0 Å². The first-order chi connectivity index (χ1) is 38.2. The molecule has 4 aromatic carbocycles. The number of thioether (sulfide) groups is 4. The number of methoxy groups -OCH3 is 4. The molecule has 2 heterocycles. The van der Waals surface area contributed by atoms with Crippen LogP contribution in [0.1, 0.15) is 151 Å². The van der Waals surface area contributed by atoms with Crippen LogP contribution in [0.15, 0.2) is 94.7 Å². The van der Waals surface area contributed by atoms with E-state index in [0.717, 1.165) is 54.1 Å². The van der Waals surface area contributed by atoms with Gasteiger partial charge in [0.2, 0.25) is 0 Å². The molecule has 4 atom stereocenters. The third kappa shape index (κ3) is 22.9. The summed E-state index contributed by atoms with van der Waals surface area (Å²) in [6, 6.07) is 28.9. The third-order valence-corrected chi connectivity index (χ3v) is 20.1. The van der Waals surface area contributed by atoms with Crippen LogP contribution < -0.4 is 9.47 Å². The van der Waals surface area contributed by atoms with E-state index in [9.17, 15) is 10.2 Å². The molecular weight excluding hydrogens is 1060 g/mol. The number of phenols is 2. The Balaban J connectivity index is 0.000000291. The molecule has 0 aromatic heterocycles. The molecule has 10 nitrogen and oxygen atoms in total. The van der Waals surface area contributed by atoms with Crippen LogP contribution in [0.2, 0.25) is 0 Å². The fraction of sp³-hybridized carbons (Fsp3) is 0.625. The second-order valence-electron chi connectivity index (χ2n) is 21.1. The molecule has 0 bridgehead atoms. The normalized spacial score (nSPS) is 18.7. The average molecular weight is 1150 g/mol. The van der Waals surface area contributed by atoms with Crippen LogP contribution in [0.4, 0.5) is 0 Å². The second kappa shape index (κ2) is 38.9. The Bertz CT molecular complexity index is 2180. The summed E-state index contributed by atoms with van der Waals surface area (Å²) in [6.45, 7) is 9.76. The SMILES string of the molecule is COCCOCCSCCCCCCCCCC1c2ccc(OCOC)cc2SCC1(C)c1ccc(OCOC)cc1.COCCOCCSCCCCCCCCC[C@@H]1c2ccc(O)cc2SC[C@]1(C)c1ccc(O)cc1. The first-order valence-electron chi connectivity index (χ1n) is 28.8. The van der Waals surface area contributed by atoms with E-state index in [-0.39, 0.29) is 24.4 Å². The minimum atomic E-state index is 0.00875. The van der Waals surface area contributed by atoms with Gasteiger partial charge in [0.25, 0.3) is 0 Å². The van der Waals surface area contributed by atoms with Gasteiger partial charge < -0.3 is 48.1 Å². The van der Waals surface area contributed by atoms with Crippen molar-refractivity contribution in [3.63, 3.8) is 0 Å². The quantitative estimate of drug-likeness (QED) is 0.0325. The van der Waals surface area contributed by atoms with Crippen molar-refractivity contribution < 1.29 is 48.1 Å². The van der Waals surface area contributed by atoms with Gasteiger partial charge in [0.05, 0.1) is 39.6 Å². The lowest BCUT2D eigenvalue weighted by molar-refractivity contribution is 0.0508. The summed E-state index contributed by atoms with van der Waals surface area (Å²) in [7, 11) is 6.72. The zero-order chi connectivity index (χ0) is 55.5. The summed E-state index contributed by atoms with van der Waals surface area (Å²) in [4.78, 5) is 2.56. The summed E-state index contributed by atoms with van der Waals surface area (Å²) < 4.78 is 42.6. The highest BCUT2D eigenvalue weighted by atomic mass is 32.2. The van der Waals surface area contributed by atoms with Crippen molar-refractivity contribution in [1.29, 1.82) is 0 Å². The van der Waals surface area contributed by atoms with Crippen molar-refractivity contribution in [1.82, 2.24) is 0 Å². The van der Waals surface area contributed by atoms with Gasteiger partial charge in [0.15, 0.2) is 13.6 Å². The molecule has 436 valence electrons. The van der Waals surface area contributed by atoms with Gasteiger partial charge in [-0.3, -0.25) is 0 Å². The fourth-order valence-electron chi connectivity index (χ4n) is 10.6. The van der Waals surface area contributed by atoms with Crippen LogP contribution in [0, 0.1) is 0 Å². The number of hydrogen-bond donors (Lipinski definition) is 2. The fourth-order valence-corrected chi connectivity index (χ4v) is 15.1. The molecule has 0 spiro atoms. The molecule has 78 heavy (non-hydrogen) atoms. The lowest BCUT2D eigenvalue weighted by Gasteiger charge is -2.43. The van der Waals surface area contributed by atoms with Gasteiger partial charge in [-0.2, -0.15) is 23.5 Å². The molecule has 2 aliphatic rings.